The lowest BCUT2D eigenvalue weighted by Gasteiger charge is -2.34. The molecule has 0 spiro atoms. The van der Waals surface area contributed by atoms with E-state index >= 15 is 0 Å². The summed E-state index contributed by atoms with van der Waals surface area (Å²) in [7, 11) is 1.92. The number of rotatable bonds is 4. The second-order valence-electron chi connectivity index (χ2n) is 4.74. The first-order chi connectivity index (χ1) is 9.74. The van der Waals surface area contributed by atoms with Crippen molar-refractivity contribution in [2.75, 3.05) is 32.8 Å². The Morgan fingerprint density at radius 2 is 2.55 bits per heavy atom. The Kier molecular flexibility index (Phi) is 5.17. The van der Waals surface area contributed by atoms with Crippen LogP contribution in [-0.4, -0.2) is 53.4 Å². The first kappa shape index (κ1) is 14.6. The van der Waals surface area contributed by atoms with E-state index in [1.54, 1.807) is 10.8 Å². The standard InChI is InChI=1S/C14H23N5O/c1-4-6-16-14(15-5-2)19-7-8-20-13(11-19)12-9-17-18(3)10-12/h4,9-10,13H,1,5-8,11H2,2-3H3,(H,15,16). The SMILES string of the molecule is C=CCN=C(NCC)N1CCOC(c2cnn(C)c2)C1. The number of ether oxygens (including phenoxy) is 1. The zero-order valence-corrected chi connectivity index (χ0v) is 12.2. The second-order valence-corrected chi connectivity index (χ2v) is 4.74. The molecule has 110 valence electrons. The molecule has 0 amide bonds. The number of hydrogen-bond donors (Lipinski definition) is 1. The fourth-order valence-corrected chi connectivity index (χ4v) is 2.23. The molecular weight excluding hydrogens is 254 g/mol. The van der Waals surface area contributed by atoms with Gasteiger partial charge in [0.05, 0.1) is 25.9 Å². The van der Waals surface area contributed by atoms with Gasteiger partial charge < -0.3 is 15.0 Å². The normalized spacial score (nSPS) is 20.0. The van der Waals surface area contributed by atoms with Gasteiger partial charge in [0, 0.05) is 31.9 Å². The van der Waals surface area contributed by atoms with Crippen LogP contribution in [0.2, 0.25) is 0 Å². The van der Waals surface area contributed by atoms with Gasteiger partial charge in [-0.3, -0.25) is 4.68 Å². The van der Waals surface area contributed by atoms with Crippen LogP contribution < -0.4 is 5.32 Å². The number of hydrogen-bond acceptors (Lipinski definition) is 3. The van der Waals surface area contributed by atoms with Crippen molar-refractivity contribution in [2.45, 2.75) is 13.0 Å². The van der Waals surface area contributed by atoms with Gasteiger partial charge in [0.2, 0.25) is 0 Å². The zero-order valence-electron chi connectivity index (χ0n) is 12.2. The molecule has 0 saturated carbocycles. The minimum absolute atomic E-state index is 0.0463. The molecule has 1 aromatic rings. The average molecular weight is 277 g/mol. The Hall–Kier alpha value is -1.82. The molecule has 2 rings (SSSR count). The summed E-state index contributed by atoms with van der Waals surface area (Å²) in [5.41, 5.74) is 1.11. The number of nitrogens with zero attached hydrogens (tertiary/aromatic N) is 4. The molecule has 0 aromatic carbocycles. The highest BCUT2D eigenvalue weighted by atomic mass is 16.5. The van der Waals surface area contributed by atoms with Crippen molar-refractivity contribution in [3.05, 3.63) is 30.6 Å². The molecule has 1 unspecified atom stereocenters. The van der Waals surface area contributed by atoms with E-state index in [0.29, 0.717) is 13.2 Å². The largest absolute Gasteiger partial charge is 0.370 e. The first-order valence-electron chi connectivity index (χ1n) is 6.99. The van der Waals surface area contributed by atoms with Crippen LogP contribution in [0.1, 0.15) is 18.6 Å². The lowest BCUT2D eigenvalue weighted by Crippen LogP contribution is -2.48. The number of aryl methyl sites for hydroxylation is 1. The van der Waals surface area contributed by atoms with Crippen molar-refractivity contribution in [2.24, 2.45) is 12.0 Å². The number of morpholine rings is 1. The molecule has 6 nitrogen and oxygen atoms in total. The van der Waals surface area contributed by atoms with Gasteiger partial charge in [-0.2, -0.15) is 5.10 Å². The number of aliphatic imine (C=N–C) groups is 1. The van der Waals surface area contributed by atoms with E-state index in [2.05, 4.69) is 33.8 Å². The fourth-order valence-electron chi connectivity index (χ4n) is 2.23. The third-order valence-electron chi connectivity index (χ3n) is 3.17. The van der Waals surface area contributed by atoms with Crippen LogP contribution in [0, 0.1) is 0 Å². The van der Waals surface area contributed by atoms with Gasteiger partial charge in [-0.05, 0) is 6.92 Å². The van der Waals surface area contributed by atoms with Crippen LogP contribution >= 0.6 is 0 Å². The van der Waals surface area contributed by atoms with E-state index in [9.17, 15) is 0 Å². The highest BCUT2D eigenvalue weighted by molar-refractivity contribution is 5.80. The summed E-state index contributed by atoms with van der Waals surface area (Å²) in [5.74, 6) is 0.921. The topological polar surface area (TPSA) is 54.7 Å². The third kappa shape index (κ3) is 3.60. The predicted molar refractivity (Wildman–Crippen MR) is 79.6 cm³/mol. The predicted octanol–water partition coefficient (Wildman–Crippen LogP) is 0.945. The molecule has 1 atom stereocenters. The molecule has 20 heavy (non-hydrogen) atoms. The minimum Gasteiger partial charge on any atom is -0.370 e. The maximum atomic E-state index is 5.84. The Morgan fingerprint density at radius 3 is 3.20 bits per heavy atom. The summed E-state index contributed by atoms with van der Waals surface area (Å²) in [4.78, 5) is 6.76. The van der Waals surface area contributed by atoms with Crippen LogP contribution in [0.25, 0.3) is 0 Å². The lowest BCUT2D eigenvalue weighted by atomic mass is 10.1. The number of nitrogens with one attached hydrogen (secondary N) is 1. The van der Waals surface area contributed by atoms with Gasteiger partial charge >= 0.3 is 0 Å². The van der Waals surface area contributed by atoms with E-state index in [1.165, 1.54) is 0 Å². The molecule has 1 aromatic heterocycles. The van der Waals surface area contributed by atoms with Gasteiger partial charge in [0.25, 0.3) is 0 Å². The number of aromatic nitrogens is 2. The maximum Gasteiger partial charge on any atom is 0.194 e. The third-order valence-corrected chi connectivity index (χ3v) is 3.17. The van der Waals surface area contributed by atoms with E-state index in [-0.39, 0.29) is 6.10 Å². The molecule has 0 bridgehead atoms. The Morgan fingerprint density at radius 1 is 1.70 bits per heavy atom. The van der Waals surface area contributed by atoms with Gasteiger partial charge in [-0.15, -0.1) is 6.58 Å². The smallest absolute Gasteiger partial charge is 0.194 e. The van der Waals surface area contributed by atoms with E-state index in [1.807, 2.05) is 19.4 Å². The van der Waals surface area contributed by atoms with Crippen LogP contribution in [-0.2, 0) is 11.8 Å². The summed E-state index contributed by atoms with van der Waals surface area (Å²) in [6.07, 6.45) is 5.71. The Balaban J connectivity index is 2.06. The average Bonchev–Trinajstić information content (AvgIpc) is 2.90. The van der Waals surface area contributed by atoms with Gasteiger partial charge in [-0.1, -0.05) is 6.08 Å². The monoisotopic (exact) mass is 277 g/mol. The molecule has 2 heterocycles. The zero-order chi connectivity index (χ0) is 14.4. The Labute approximate surface area is 120 Å². The maximum absolute atomic E-state index is 5.84. The molecule has 1 aliphatic heterocycles. The van der Waals surface area contributed by atoms with Crippen molar-refractivity contribution >= 4 is 5.96 Å². The summed E-state index contributed by atoms with van der Waals surface area (Å²) < 4.78 is 7.64. The van der Waals surface area contributed by atoms with Gasteiger partial charge in [0.1, 0.15) is 6.10 Å². The summed E-state index contributed by atoms with van der Waals surface area (Å²) >= 11 is 0. The van der Waals surface area contributed by atoms with E-state index in [0.717, 1.165) is 31.2 Å². The highest BCUT2D eigenvalue weighted by Crippen LogP contribution is 2.21. The molecule has 1 saturated heterocycles. The number of guanidine groups is 1. The van der Waals surface area contributed by atoms with Gasteiger partial charge in [0.15, 0.2) is 5.96 Å². The summed E-state index contributed by atoms with van der Waals surface area (Å²) in [6.45, 7) is 9.59. The van der Waals surface area contributed by atoms with Crippen molar-refractivity contribution in [3.8, 4) is 0 Å². The van der Waals surface area contributed by atoms with Crippen LogP contribution in [0.15, 0.2) is 30.0 Å². The second kappa shape index (κ2) is 7.09. The molecule has 1 aliphatic rings. The first-order valence-corrected chi connectivity index (χ1v) is 6.99. The van der Waals surface area contributed by atoms with Crippen LogP contribution in [0.4, 0.5) is 0 Å². The lowest BCUT2D eigenvalue weighted by molar-refractivity contribution is -0.00801. The van der Waals surface area contributed by atoms with Gasteiger partial charge in [-0.25, -0.2) is 4.99 Å². The molecule has 0 radical (unpaired) electrons. The molecule has 1 fully saturated rings. The molecule has 0 aliphatic carbocycles. The summed E-state index contributed by atoms with van der Waals surface area (Å²) in [5, 5.41) is 7.52. The Bertz CT molecular complexity index is 468. The van der Waals surface area contributed by atoms with Crippen LogP contribution in [0.3, 0.4) is 0 Å². The summed E-state index contributed by atoms with van der Waals surface area (Å²) in [6, 6.07) is 0. The van der Waals surface area contributed by atoms with Crippen molar-refractivity contribution in [1.82, 2.24) is 20.0 Å². The quantitative estimate of drug-likeness (QED) is 0.506. The van der Waals surface area contributed by atoms with Crippen molar-refractivity contribution < 1.29 is 4.74 Å². The van der Waals surface area contributed by atoms with E-state index in [4.69, 9.17) is 4.74 Å². The molecule has 6 heteroatoms. The van der Waals surface area contributed by atoms with Crippen molar-refractivity contribution in [1.29, 1.82) is 0 Å². The van der Waals surface area contributed by atoms with Crippen molar-refractivity contribution in [3.63, 3.8) is 0 Å². The minimum atomic E-state index is 0.0463. The van der Waals surface area contributed by atoms with Crippen LogP contribution in [0.5, 0.6) is 0 Å². The van der Waals surface area contributed by atoms with E-state index < -0.39 is 0 Å². The molecule has 1 N–H and O–H groups in total. The highest BCUT2D eigenvalue weighted by Gasteiger charge is 2.24. The fraction of sp³-hybridized carbons (Fsp3) is 0.571. The molecular formula is C14H23N5O.